The van der Waals surface area contributed by atoms with Crippen LogP contribution in [0.25, 0.3) is 0 Å². The van der Waals surface area contributed by atoms with Crippen molar-refractivity contribution in [3.63, 3.8) is 0 Å². The SMILES string of the molecule is C[C@H]1CN(C(=O)c2ccc(S(=O)(=O)Nc3cccc(C(F)(F)F)c3)cc2)CCO1. The topological polar surface area (TPSA) is 75.7 Å². The van der Waals surface area contributed by atoms with E-state index in [1.807, 2.05) is 6.92 Å². The van der Waals surface area contributed by atoms with Gasteiger partial charge in [-0.15, -0.1) is 0 Å². The molecule has 0 radical (unpaired) electrons. The van der Waals surface area contributed by atoms with E-state index in [1.165, 1.54) is 30.3 Å². The first-order chi connectivity index (χ1) is 13.6. The molecular weight excluding hydrogens is 409 g/mol. The van der Waals surface area contributed by atoms with Crippen LogP contribution >= 0.6 is 0 Å². The molecule has 0 aliphatic carbocycles. The molecule has 0 aromatic heterocycles. The second kappa shape index (κ2) is 8.03. The first-order valence-electron chi connectivity index (χ1n) is 8.77. The Kier molecular flexibility index (Phi) is 5.85. The van der Waals surface area contributed by atoms with Crippen molar-refractivity contribution in [3.8, 4) is 0 Å². The minimum atomic E-state index is -4.58. The highest BCUT2D eigenvalue weighted by Crippen LogP contribution is 2.31. The summed E-state index contributed by atoms with van der Waals surface area (Å²) in [6.07, 6.45) is -4.66. The number of nitrogens with one attached hydrogen (secondary N) is 1. The van der Waals surface area contributed by atoms with E-state index in [1.54, 1.807) is 4.90 Å². The highest BCUT2D eigenvalue weighted by Gasteiger charge is 2.31. The first kappa shape index (κ1) is 21.1. The number of halogens is 3. The van der Waals surface area contributed by atoms with Gasteiger partial charge >= 0.3 is 6.18 Å². The minimum absolute atomic E-state index is 0.0796. The van der Waals surface area contributed by atoms with E-state index in [2.05, 4.69) is 4.72 Å². The fourth-order valence-corrected chi connectivity index (χ4v) is 3.98. The molecule has 1 saturated heterocycles. The maximum Gasteiger partial charge on any atom is 0.416 e. The van der Waals surface area contributed by atoms with Crippen LogP contribution in [-0.4, -0.2) is 45.0 Å². The lowest BCUT2D eigenvalue weighted by Crippen LogP contribution is -2.44. The molecule has 2 aromatic rings. The lowest BCUT2D eigenvalue weighted by atomic mass is 10.2. The molecule has 1 atom stereocenters. The fourth-order valence-electron chi connectivity index (χ4n) is 2.94. The second-order valence-electron chi connectivity index (χ2n) is 6.64. The maximum atomic E-state index is 12.8. The van der Waals surface area contributed by atoms with Gasteiger partial charge in [-0.25, -0.2) is 8.42 Å². The van der Waals surface area contributed by atoms with E-state index in [-0.39, 0.29) is 22.6 Å². The monoisotopic (exact) mass is 428 g/mol. The molecule has 0 unspecified atom stereocenters. The number of hydrogen-bond donors (Lipinski definition) is 1. The van der Waals surface area contributed by atoms with Crippen molar-refractivity contribution in [2.24, 2.45) is 0 Å². The van der Waals surface area contributed by atoms with Gasteiger partial charge in [0.1, 0.15) is 0 Å². The summed E-state index contributed by atoms with van der Waals surface area (Å²) < 4.78 is 70.9. The number of carbonyl (C=O) groups excluding carboxylic acids is 1. The van der Waals surface area contributed by atoms with Crippen LogP contribution in [0.1, 0.15) is 22.8 Å². The van der Waals surface area contributed by atoms with Crippen LogP contribution in [0.5, 0.6) is 0 Å². The third kappa shape index (κ3) is 5.07. The summed E-state index contributed by atoms with van der Waals surface area (Å²) in [7, 11) is -4.11. The van der Waals surface area contributed by atoms with Gasteiger partial charge in [-0.1, -0.05) is 6.07 Å². The smallest absolute Gasteiger partial charge is 0.375 e. The van der Waals surface area contributed by atoms with E-state index in [4.69, 9.17) is 4.74 Å². The Morgan fingerprint density at radius 1 is 1.17 bits per heavy atom. The largest absolute Gasteiger partial charge is 0.416 e. The summed E-state index contributed by atoms with van der Waals surface area (Å²) in [6.45, 7) is 3.17. The third-order valence-electron chi connectivity index (χ3n) is 4.38. The van der Waals surface area contributed by atoms with Crippen molar-refractivity contribution in [1.82, 2.24) is 4.90 Å². The zero-order valence-electron chi connectivity index (χ0n) is 15.4. The van der Waals surface area contributed by atoms with E-state index < -0.39 is 21.8 Å². The van der Waals surface area contributed by atoms with Gasteiger partial charge in [-0.2, -0.15) is 13.2 Å². The van der Waals surface area contributed by atoms with Crippen molar-refractivity contribution in [2.75, 3.05) is 24.4 Å². The highest BCUT2D eigenvalue weighted by atomic mass is 32.2. The van der Waals surface area contributed by atoms with E-state index >= 15 is 0 Å². The summed E-state index contributed by atoms with van der Waals surface area (Å²) in [5.41, 5.74) is -0.849. The first-order valence-corrected chi connectivity index (χ1v) is 10.3. The number of ether oxygens (including phenoxy) is 1. The number of amides is 1. The average Bonchev–Trinajstić information content (AvgIpc) is 2.67. The zero-order chi connectivity index (χ0) is 21.2. The van der Waals surface area contributed by atoms with Gasteiger partial charge in [0.15, 0.2) is 0 Å². The number of sulfonamides is 1. The number of nitrogens with zero attached hydrogens (tertiary/aromatic N) is 1. The molecule has 1 fully saturated rings. The lowest BCUT2D eigenvalue weighted by molar-refractivity contribution is -0.137. The number of alkyl halides is 3. The number of carbonyl (C=O) groups is 1. The van der Waals surface area contributed by atoms with Gasteiger partial charge in [-0.05, 0) is 49.4 Å². The van der Waals surface area contributed by atoms with Crippen molar-refractivity contribution < 1.29 is 31.1 Å². The minimum Gasteiger partial charge on any atom is -0.375 e. The van der Waals surface area contributed by atoms with Crippen LogP contribution in [0.4, 0.5) is 18.9 Å². The van der Waals surface area contributed by atoms with Crippen LogP contribution in [0.2, 0.25) is 0 Å². The normalized spacial score (nSPS) is 17.8. The molecule has 6 nitrogen and oxygen atoms in total. The van der Waals surface area contributed by atoms with E-state index in [9.17, 15) is 26.4 Å². The van der Waals surface area contributed by atoms with Crippen LogP contribution in [0.3, 0.4) is 0 Å². The molecule has 2 aromatic carbocycles. The van der Waals surface area contributed by atoms with Crippen molar-refractivity contribution in [1.29, 1.82) is 0 Å². The van der Waals surface area contributed by atoms with Gasteiger partial charge < -0.3 is 9.64 Å². The Bertz CT molecular complexity index is 991. The van der Waals surface area contributed by atoms with Gasteiger partial charge in [0.25, 0.3) is 15.9 Å². The highest BCUT2D eigenvalue weighted by molar-refractivity contribution is 7.92. The predicted octanol–water partition coefficient (Wildman–Crippen LogP) is 3.37. The molecule has 1 aliphatic rings. The summed E-state index contributed by atoms with van der Waals surface area (Å²) in [5, 5.41) is 0. The predicted molar refractivity (Wildman–Crippen MR) is 100 cm³/mol. The number of anilines is 1. The lowest BCUT2D eigenvalue weighted by Gasteiger charge is -2.31. The molecule has 0 bridgehead atoms. The molecule has 1 amide bonds. The van der Waals surface area contributed by atoms with Gasteiger partial charge in [0.2, 0.25) is 0 Å². The van der Waals surface area contributed by atoms with E-state index in [0.29, 0.717) is 25.3 Å². The van der Waals surface area contributed by atoms with Crippen LogP contribution in [-0.2, 0) is 20.9 Å². The van der Waals surface area contributed by atoms with Gasteiger partial charge in [-0.3, -0.25) is 9.52 Å². The summed E-state index contributed by atoms with van der Waals surface area (Å²) in [5.74, 6) is -0.241. The quantitative estimate of drug-likeness (QED) is 0.810. The number of rotatable bonds is 4. The van der Waals surface area contributed by atoms with E-state index in [0.717, 1.165) is 18.2 Å². The molecule has 3 rings (SSSR count). The molecule has 29 heavy (non-hydrogen) atoms. The summed E-state index contributed by atoms with van der Waals surface area (Å²) >= 11 is 0. The van der Waals surface area contributed by atoms with Crippen molar-refractivity contribution in [2.45, 2.75) is 24.1 Å². The van der Waals surface area contributed by atoms with Crippen LogP contribution < -0.4 is 4.72 Å². The summed E-state index contributed by atoms with van der Waals surface area (Å²) in [6, 6.07) is 9.15. The Morgan fingerprint density at radius 2 is 1.86 bits per heavy atom. The number of hydrogen-bond acceptors (Lipinski definition) is 4. The van der Waals surface area contributed by atoms with Gasteiger partial charge in [0, 0.05) is 24.3 Å². The maximum absolute atomic E-state index is 12.8. The average molecular weight is 428 g/mol. The Morgan fingerprint density at radius 3 is 2.48 bits per heavy atom. The Labute approximate surface area is 166 Å². The molecular formula is C19H19F3N2O4S. The Balaban J connectivity index is 1.76. The van der Waals surface area contributed by atoms with Crippen LogP contribution in [0, 0.1) is 0 Å². The molecule has 10 heteroatoms. The number of benzene rings is 2. The van der Waals surface area contributed by atoms with Gasteiger partial charge in [0.05, 0.1) is 23.2 Å². The zero-order valence-corrected chi connectivity index (χ0v) is 16.3. The molecule has 0 saturated carbocycles. The fraction of sp³-hybridized carbons (Fsp3) is 0.316. The molecule has 156 valence electrons. The molecule has 1 aliphatic heterocycles. The third-order valence-corrected chi connectivity index (χ3v) is 5.78. The second-order valence-corrected chi connectivity index (χ2v) is 8.32. The van der Waals surface area contributed by atoms with Crippen molar-refractivity contribution >= 4 is 21.6 Å². The number of morpholine rings is 1. The standard InChI is InChI=1S/C19H19F3N2O4S/c1-13-12-24(9-10-28-13)18(25)14-5-7-17(8-6-14)29(26,27)23-16-4-2-3-15(11-16)19(20,21)22/h2-8,11,13,23H,9-10,12H2,1H3/t13-/m0/s1. The molecule has 0 spiro atoms. The summed E-state index contributed by atoms with van der Waals surface area (Å²) in [4.78, 5) is 14.0. The van der Waals surface area contributed by atoms with Crippen molar-refractivity contribution in [3.05, 3.63) is 59.7 Å². The molecule has 1 N–H and O–H groups in total. The van der Waals surface area contributed by atoms with Crippen LogP contribution in [0.15, 0.2) is 53.4 Å². The Hall–Kier alpha value is -2.59. The molecule has 1 heterocycles.